The molecule has 0 bridgehead atoms. The second-order valence-corrected chi connectivity index (χ2v) is 8.92. The summed E-state index contributed by atoms with van der Waals surface area (Å²) in [5.74, 6) is -0.628. The van der Waals surface area contributed by atoms with Crippen LogP contribution in [0.1, 0.15) is 49.9 Å². The number of hydrogen-bond acceptors (Lipinski definition) is 7. The topological polar surface area (TPSA) is 99.5 Å². The third kappa shape index (κ3) is 5.52. The highest BCUT2D eigenvalue weighted by atomic mass is 32.1. The third-order valence-electron chi connectivity index (χ3n) is 5.37. The summed E-state index contributed by atoms with van der Waals surface area (Å²) in [4.78, 5) is 37.7. The van der Waals surface area contributed by atoms with Crippen LogP contribution in [-0.2, 0) is 11.5 Å². The van der Waals surface area contributed by atoms with E-state index in [2.05, 4.69) is 10.4 Å². The maximum Gasteiger partial charge on any atom is 0.341 e. The first-order valence-corrected chi connectivity index (χ1v) is 12.1. The van der Waals surface area contributed by atoms with Gasteiger partial charge in [0.2, 0.25) is 0 Å². The van der Waals surface area contributed by atoms with Crippen molar-refractivity contribution >= 4 is 34.0 Å². The summed E-state index contributed by atoms with van der Waals surface area (Å²) >= 11 is 1.04. The van der Waals surface area contributed by atoms with E-state index in [0.29, 0.717) is 16.2 Å². The van der Waals surface area contributed by atoms with Crippen molar-refractivity contribution in [2.75, 3.05) is 11.9 Å². The molecule has 8 nitrogen and oxygen atoms in total. The molecule has 36 heavy (non-hydrogen) atoms. The SMILES string of the molecule is CCOC(=O)c1c(NC(=O)c2ccn(COc3ccc(-c4ccccc4)cc3)n2)sc(C(C)=O)c1C. The van der Waals surface area contributed by atoms with Crippen LogP contribution in [0.3, 0.4) is 0 Å². The van der Waals surface area contributed by atoms with E-state index in [4.69, 9.17) is 9.47 Å². The van der Waals surface area contributed by atoms with Crippen LogP contribution < -0.4 is 10.1 Å². The van der Waals surface area contributed by atoms with Gasteiger partial charge in [0.05, 0.1) is 17.0 Å². The van der Waals surface area contributed by atoms with Gasteiger partial charge in [0, 0.05) is 6.20 Å². The molecule has 0 aliphatic heterocycles. The number of nitrogens with one attached hydrogen (secondary N) is 1. The van der Waals surface area contributed by atoms with E-state index >= 15 is 0 Å². The van der Waals surface area contributed by atoms with Crippen LogP contribution in [0.5, 0.6) is 5.75 Å². The maximum absolute atomic E-state index is 12.8. The van der Waals surface area contributed by atoms with E-state index in [-0.39, 0.29) is 35.4 Å². The lowest BCUT2D eigenvalue weighted by Gasteiger charge is -2.08. The van der Waals surface area contributed by atoms with Gasteiger partial charge in [-0.2, -0.15) is 5.10 Å². The van der Waals surface area contributed by atoms with Crippen LogP contribution in [0.15, 0.2) is 66.9 Å². The van der Waals surface area contributed by atoms with E-state index in [9.17, 15) is 14.4 Å². The quantitative estimate of drug-likeness (QED) is 0.236. The Labute approximate surface area is 212 Å². The number of hydrogen-bond donors (Lipinski definition) is 1. The zero-order valence-electron chi connectivity index (χ0n) is 20.1. The summed E-state index contributed by atoms with van der Waals surface area (Å²) in [5.41, 5.74) is 3.01. The summed E-state index contributed by atoms with van der Waals surface area (Å²) in [6.45, 7) is 5.05. The summed E-state index contributed by atoms with van der Waals surface area (Å²) in [5, 5.41) is 7.22. The normalized spacial score (nSPS) is 10.6. The molecule has 0 unspecified atom stereocenters. The molecule has 4 aromatic rings. The Morgan fingerprint density at radius 2 is 1.69 bits per heavy atom. The van der Waals surface area contributed by atoms with E-state index in [1.807, 2.05) is 54.6 Å². The average molecular weight is 504 g/mol. The molecule has 0 saturated heterocycles. The fourth-order valence-corrected chi connectivity index (χ4v) is 4.71. The number of Topliss-reactive ketones (excluding diaryl/α,β-unsaturated/α-hetero) is 1. The summed E-state index contributed by atoms with van der Waals surface area (Å²) < 4.78 is 12.4. The number of nitrogens with zero attached hydrogens (tertiary/aromatic N) is 2. The zero-order valence-corrected chi connectivity index (χ0v) is 20.9. The summed E-state index contributed by atoms with van der Waals surface area (Å²) in [6.07, 6.45) is 1.63. The highest BCUT2D eigenvalue weighted by Gasteiger charge is 2.26. The minimum absolute atomic E-state index is 0.110. The van der Waals surface area contributed by atoms with E-state index in [1.54, 1.807) is 26.1 Å². The first-order valence-electron chi connectivity index (χ1n) is 11.3. The number of thiophene rings is 1. The van der Waals surface area contributed by atoms with Crippen LogP contribution in [-0.4, -0.2) is 34.0 Å². The number of esters is 1. The molecule has 2 aromatic carbocycles. The van der Waals surface area contributed by atoms with Crippen LogP contribution in [0, 0.1) is 6.92 Å². The van der Waals surface area contributed by atoms with Crippen LogP contribution in [0.2, 0.25) is 0 Å². The van der Waals surface area contributed by atoms with Crippen molar-refractivity contribution in [3.8, 4) is 16.9 Å². The molecule has 1 N–H and O–H groups in total. The van der Waals surface area contributed by atoms with Gasteiger partial charge < -0.3 is 14.8 Å². The van der Waals surface area contributed by atoms with Gasteiger partial charge in [-0.25, -0.2) is 9.48 Å². The molecule has 0 spiro atoms. The van der Waals surface area contributed by atoms with Crippen molar-refractivity contribution in [3.63, 3.8) is 0 Å². The van der Waals surface area contributed by atoms with Gasteiger partial charge in [-0.05, 0) is 55.7 Å². The maximum atomic E-state index is 12.8. The molecular weight excluding hydrogens is 478 g/mol. The van der Waals surface area contributed by atoms with Crippen molar-refractivity contribution in [1.82, 2.24) is 9.78 Å². The predicted octanol–water partition coefficient (Wildman–Crippen LogP) is 5.59. The van der Waals surface area contributed by atoms with E-state index < -0.39 is 11.9 Å². The lowest BCUT2D eigenvalue weighted by molar-refractivity contribution is 0.0527. The number of carbonyl (C=O) groups is 3. The van der Waals surface area contributed by atoms with E-state index in [1.165, 1.54) is 11.6 Å². The first-order chi connectivity index (χ1) is 17.4. The number of aromatic nitrogens is 2. The fourth-order valence-electron chi connectivity index (χ4n) is 3.62. The number of ketones is 1. The molecular formula is C27H25N3O5S. The monoisotopic (exact) mass is 503 g/mol. The number of amides is 1. The van der Waals surface area contributed by atoms with Crippen LogP contribution >= 0.6 is 11.3 Å². The van der Waals surface area contributed by atoms with Crippen molar-refractivity contribution in [2.45, 2.75) is 27.5 Å². The molecule has 2 aromatic heterocycles. The molecule has 2 heterocycles. The highest BCUT2D eigenvalue weighted by Crippen LogP contribution is 2.34. The van der Waals surface area contributed by atoms with Gasteiger partial charge in [-0.3, -0.25) is 9.59 Å². The molecule has 0 aliphatic rings. The van der Waals surface area contributed by atoms with Crippen LogP contribution in [0.4, 0.5) is 5.00 Å². The number of carbonyl (C=O) groups excluding carboxylic acids is 3. The Morgan fingerprint density at radius 3 is 2.36 bits per heavy atom. The fraction of sp³-hybridized carbons (Fsp3) is 0.185. The van der Waals surface area contributed by atoms with Gasteiger partial charge in [-0.15, -0.1) is 11.3 Å². The second kappa shape index (κ2) is 11.0. The standard InChI is InChI=1S/C27H25N3O5S/c1-4-34-27(33)23-17(2)24(18(3)31)36-26(23)28-25(32)22-14-15-30(29-22)16-35-21-12-10-20(11-13-21)19-8-6-5-7-9-19/h5-15H,4,16H2,1-3H3,(H,28,32). The second-order valence-electron chi connectivity index (χ2n) is 7.90. The van der Waals surface area contributed by atoms with Crippen molar-refractivity contribution in [3.05, 3.63) is 88.6 Å². The minimum atomic E-state index is -0.591. The molecule has 0 atom stereocenters. The Bertz CT molecular complexity index is 1390. The van der Waals surface area contributed by atoms with Crippen LogP contribution in [0.25, 0.3) is 11.1 Å². The molecule has 1 amide bonds. The average Bonchev–Trinajstić information content (AvgIpc) is 3.48. The third-order valence-corrected chi connectivity index (χ3v) is 6.68. The highest BCUT2D eigenvalue weighted by molar-refractivity contribution is 7.18. The Hall–Kier alpha value is -4.24. The Balaban J connectivity index is 1.42. The molecule has 184 valence electrons. The summed E-state index contributed by atoms with van der Waals surface area (Å²) in [7, 11) is 0. The largest absolute Gasteiger partial charge is 0.471 e. The minimum Gasteiger partial charge on any atom is -0.471 e. The molecule has 4 rings (SSSR count). The van der Waals surface area contributed by atoms with Gasteiger partial charge in [0.15, 0.2) is 18.2 Å². The number of anilines is 1. The zero-order chi connectivity index (χ0) is 25.7. The molecule has 9 heteroatoms. The van der Waals surface area contributed by atoms with Crippen molar-refractivity contribution < 1.29 is 23.9 Å². The van der Waals surface area contributed by atoms with Gasteiger partial charge in [-0.1, -0.05) is 42.5 Å². The Morgan fingerprint density at radius 1 is 1.00 bits per heavy atom. The van der Waals surface area contributed by atoms with Crippen molar-refractivity contribution in [1.29, 1.82) is 0 Å². The number of benzene rings is 2. The van der Waals surface area contributed by atoms with Crippen molar-refractivity contribution in [2.24, 2.45) is 0 Å². The number of rotatable bonds is 9. The lowest BCUT2D eigenvalue weighted by atomic mass is 10.1. The summed E-state index contributed by atoms with van der Waals surface area (Å²) in [6, 6.07) is 19.3. The predicted molar refractivity (Wildman–Crippen MR) is 138 cm³/mol. The lowest BCUT2D eigenvalue weighted by Crippen LogP contribution is -2.16. The van der Waals surface area contributed by atoms with Gasteiger partial charge in [0.1, 0.15) is 10.8 Å². The van der Waals surface area contributed by atoms with Gasteiger partial charge >= 0.3 is 5.97 Å². The first kappa shape index (κ1) is 24.9. The molecule has 0 saturated carbocycles. The smallest absolute Gasteiger partial charge is 0.341 e. The Kier molecular flexibility index (Phi) is 7.60. The molecule has 0 radical (unpaired) electrons. The molecule has 0 fully saturated rings. The van der Waals surface area contributed by atoms with E-state index in [0.717, 1.165) is 22.5 Å². The number of ether oxygens (including phenoxy) is 2. The molecule has 0 aliphatic carbocycles. The van der Waals surface area contributed by atoms with Gasteiger partial charge in [0.25, 0.3) is 5.91 Å².